The van der Waals surface area contributed by atoms with Crippen LogP contribution in [0.5, 0.6) is 5.75 Å². The van der Waals surface area contributed by atoms with Crippen molar-refractivity contribution >= 4 is 39.7 Å². The Kier molecular flexibility index (Phi) is 4.19. The third kappa shape index (κ3) is 2.62. The molecule has 1 unspecified atom stereocenters. The zero-order chi connectivity index (χ0) is 17.3. The number of halogens is 1. The highest BCUT2D eigenvalue weighted by atomic mass is 35.5. The number of ether oxygens (including phenoxy) is 1. The average Bonchev–Trinajstić information content (AvgIpc) is 3.33. The monoisotopic (exact) mass is 404 g/mol. The minimum Gasteiger partial charge on any atom is -0.493 e. The third-order valence-corrected chi connectivity index (χ3v) is 8.28. The van der Waals surface area contributed by atoms with Crippen molar-refractivity contribution in [3.05, 3.63) is 28.6 Å². The SMILES string of the molecule is Cl.O=C(NC1C2CCN(CC2)C12CC2)c1cc2ccc3c(c2s1)CCCO3. The van der Waals surface area contributed by atoms with E-state index in [1.807, 2.05) is 0 Å². The number of carbonyl (C=O) groups excluding carboxylic acids is 1. The molecule has 5 aliphatic rings. The topological polar surface area (TPSA) is 41.6 Å². The molecule has 7 rings (SSSR count). The first-order valence-electron chi connectivity index (χ1n) is 9.99. The normalized spacial score (nSPS) is 29.7. The summed E-state index contributed by atoms with van der Waals surface area (Å²) < 4.78 is 7.03. The highest BCUT2D eigenvalue weighted by molar-refractivity contribution is 7.21. The average molecular weight is 405 g/mol. The largest absolute Gasteiger partial charge is 0.493 e. The molecule has 1 saturated carbocycles. The molecule has 6 heteroatoms. The summed E-state index contributed by atoms with van der Waals surface area (Å²) in [6.45, 7) is 3.26. The van der Waals surface area contributed by atoms with E-state index in [9.17, 15) is 4.79 Å². The second kappa shape index (κ2) is 6.36. The maximum absolute atomic E-state index is 13.1. The maximum Gasteiger partial charge on any atom is 0.261 e. The van der Waals surface area contributed by atoms with Crippen LogP contribution in [-0.4, -0.2) is 42.1 Å². The molecular weight excluding hydrogens is 380 g/mol. The highest BCUT2D eigenvalue weighted by Crippen LogP contribution is 2.53. The Hall–Kier alpha value is -1.30. The molecule has 0 radical (unpaired) electrons. The first kappa shape index (κ1) is 17.8. The molecule has 1 spiro atoms. The Labute approximate surface area is 169 Å². The van der Waals surface area contributed by atoms with Crippen LogP contribution in [0, 0.1) is 5.92 Å². The summed E-state index contributed by atoms with van der Waals surface area (Å²) in [7, 11) is 0. The number of thiophene rings is 1. The lowest BCUT2D eigenvalue weighted by atomic mass is 9.77. The molecule has 3 saturated heterocycles. The molecular formula is C21H25ClN2O2S. The zero-order valence-electron chi connectivity index (χ0n) is 15.3. The molecule has 4 nitrogen and oxygen atoms in total. The Morgan fingerprint density at radius 2 is 2.07 bits per heavy atom. The summed E-state index contributed by atoms with van der Waals surface area (Å²) in [5.74, 6) is 1.80. The van der Waals surface area contributed by atoms with Gasteiger partial charge in [-0.25, -0.2) is 0 Å². The first-order chi connectivity index (χ1) is 12.7. The van der Waals surface area contributed by atoms with E-state index >= 15 is 0 Å². The van der Waals surface area contributed by atoms with Gasteiger partial charge in [-0.3, -0.25) is 9.69 Å². The van der Waals surface area contributed by atoms with Crippen molar-refractivity contribution in [2.75, 3.05) is 19.7 Å². The number of amides is 1. The van der Waals surface area contributed by atoms with Gasteiger partial charge in [0.15, 0.2) is 0 Å². The quantitative estimate of drug-likeness (QED) is 0.822. The van der Waals surface area contributed by atoms with Crippen molar-refractivity contribution in [2.45, 2.75) is 50.1 Å². The molecule has 27 heavy (non-hydrogen) atoms. The number of rotatable bonds is 2. The molecule has 2 bridgehead atoms. The van der Waals surface area contributed by atoms with Gasteiger partial charge in [-0.05, 0) is 81.1 Å². The smallest absolute Gasteiger partial charge is 0.261 e. The molecule has 1 aromatic carbocycles. The number of nitrogens with zero attached hydrogens (tertiary/aromatic N) is 1. The fourth-order valence-corrected chi connectivity index (χ4v) is 6.72. The summed E-state index contributed by atoms with van der Waals surface area (Å²) in [5, 5.41) is 4.64. The van der Waals surface area contributed by atoms with Gasteiger partial charge < -0.3 is 10.1 Å². The van der Waals surface area contributed by atoms with Crippen molar-refractivity contribution < 1.29 is 9.53 Å². The summed E-state index contributed by atoms with van der Waals surface area (Å²) >= 11 is 1.64. The van der Waals surface area contributed by atoms with Crippen LogP contribution in [0.2, 0.25) is 0 Å². The Morgan fingerprint density at radius 3 is 2.85 bits per heavy atom. The maximum atomic E-state index is 13.1. The molecule has 4 aliphatic heterocycles. The first-order valence-corrected chi connectivity index (χ1v) is 10.8. The predicted octanol–water partition coefficient (Wildman–Crippen LogP) is 4.00. The fourth-order valence-electron chi connectivity index (χ4n) is 5.59. The van der Waals surface area contributed by atoms with Gasteiger partial charge in [0.2, 0.25) is 0 Å². The van der Waals surface area contributed by atoms with Crippen LogP contribution in [0.1, 0.15) is 47.3 Å². The van der Waals surface area contributed by atoms with Gasteiger partial charge >= 0.3 is 0 Å². The summed E-state index contributed by atoms with van der Waals surface area (Å²) in [5.41, 5.74) is 1.58. The minimum absolute atomic E-state index is 0. The third-order valence-electron chi connectivity index (χ3n) is 7.07. The van der Waals surface area contributed by atoms with Crippen molar-refractivity contribution in [3.8, 4) is 5.75 Å². The van der Waals surface area contributed by atoms with Crippen LogP contribution in [0.15, 0.2) is 18.2 Å². The number of hydrogen-bond acceptors (Lipinski definition) is 4. The predicted molar refractivity (Wildman–Crippen MR) is 110 cm³/mol. The van der Waals surface area contributed by atoms with Crippen LogP contribution < -0.4 is 10.1 Å². The van der Waals surface area contributed by atoms with Gasteiger partial charge in [0, 0.05) is 15.8 Å². The number of aryl methyl sites for hydroxylation is 1. The molecule has 144 valence electrons. The number of carbonyl (C=O) groups is 1. The molecule has 1 atom stereocenters. The Morgan fingerprint density at radius 1 is 1.26 bits per heavy atom. The molecule has 1 N–H and O–H groups in total. The van der Waals surface area contributed by atoms with Crippen LogP contribution in [0.25, 0.3) is 10.1 Å². The summed E-state index contributed by atoms with van der Waals surface area (Å²) in [6, 6.07) is 6.59. The van der Waals surface area contributed by atoms with Crippen molar-refractivity contribution in [2.24, 2.45) is 5.92 Å². The van der Waals surface area contributed by atoms with Gasteiger partial charge in [-0.1, -0.05) is 0 Å². The molecule has 5 heterocycles. The van der Waals surface area contributed by atoms with E-state index in [1.165, 1.54) is 54.4 Å². The van der Waals surface area contributed by atoms with Crippen LogP contribution in [0.4, 0.5) is 0 Å². The van der Waals surface area contributed by atoms with Gasteiger partial charge in [-0.15, -0.1) is 23.7 Å². The number of fused-ring (bicyclic) bond motifs is 5. The summed E-state index contributed by atoms with van der Waals surface area (Å²) in [6.07, 6.45) is 7.11. The number of benzene rings is 1. The highest BCUT2D eigenvalue weighted by Gasteiger charge is 2.60. The van der Waals surface area contributed by atoms with E-state index in [1.54, 1.807) is 11.3 Å². The number of piperidine rings is 3. The number of nitrogens with one attached hydrogen (secondary N) is 1. The van der Waals surface area contributed by atoms with E-state index in [0.29, 0.717) is 17.5 Å². The molecule has 1 amide bonds. The molecule has 1 aliphatic carbocycles. The van der Waals surface area contributed by atoms with Gasteiger partial charge in [-0.2, -0.15) is 0 Å². The minimum atomic E-state index is 0. The van der Waals surface area contributed by atoms with Crippen molar-refractivity contribution in [3.63, 3.8) is 0 Å². The van der Waals surface area contributed by atoms with E-state index in [0.717, 1.165) is 30.1 Å². The van der Waals surface area contributed by atoms with Gasteiger partial charge in [0.25, 0.3) is 5.91 Å². The lowest BCUT2D eigenvalue weighted by Gasteiger charge is -2.52. The van der Waals surface area contributed by atoms with Crippen molar-refractivity contribution in [1.29, 1.82) is 0 Å². The lowest BCUT2D eigenvalue weighted by molar-refractivity contribution is -0.00138. The molecule has 4 fully saturated rings. The van der Waals surface area contributed by atoms with Crippen LogP contribution in [0.3, 0.4) is 0 Å². The van der Waals surface area contributed by atoms with Gasteiger partial charge in [0.1, 0.15) is 5.75 Å². The lowest BCUT2D eigenvalue weighted by Crippen LogP contribution is -2.65. The Balaban J connectivity index is 0.00000160. The number of hydrogen-bond donors (Lipinski definition) is 1. The fraction of sp³-hybridized carbons (Fsp3) is 0.571. The second-order valence-corrected chi connectivity index (χ2v) is 9.45. The van der Waals surface area contributed by atoms with E-state index < -0.39 is 0 Å². The van der Waals surface area contributed by atoms with Crippen molar-refractivity contribution in [1.82, 2.24) is 10.2 Å². The van der Waals surface area contributed by atoms with E-state index in [-0.39, 0.29) is 18.3 Å². The second-order valence-electron chi connectivity index (χ2n) is 8.40. The summed E-state index contributed by atoms with van der Waals surface area (Å²) in [4.78, 5) is 16.6. The Bertz CT molecular complexity index is 899. The van der Waals surface area contributed by atoms with Crippen LogP contribution >= 0.6 is 23.7 Å². The van der Waals surface area contributed by atoms with Gasteiger partial charge in [0.05, 0.1) is 17.5 Å². The molecule has 2 aromatic rings. The van der Waals surface area contributed by atoms with Crippen LogP contribution in [-0.2, 0) is 6.42 Å². The van der Waals surface area contributed by atoms with E-state index in [2.05, 4.69) is 28.4 Å². The molecule has 1 aromatic heterocycles. The zero-order valence-corrected chi connectivity index (χ0v) is 17.0. The standard InChI is InChI=1S/C21H24N2O2S.ClH/c24-20(22-19-13-5-9-23(10-6-13)21(19)7-8-21)17-12-14-3-4-16-15(18(14)26-17)2-1-11-25-16;/h3-4,12-13,19H,1-2,5-11H2,(H,22,24);1H. The van der Waals surface area contributed by atoms with E-state index in [4.69, 9.17) is 4.74 Å².